The number of carbonyl (C=O) groups excluding carboxylic acids is 1. The van der Waals surface area contributed by atoms with Crippen molar-refractivity contribution in [2.45, 2.75) is 26.2 Å². The summed E-state index contributed by atoms with van der Waals surface area (Å²) in [4.78, 5) is 22.5. The van der Waals surface area contributed by atoms with Crippen LogP contribution < -0.4 is 10.2 Å². The zero-order chi connectivity index (χ0) is 21.3. The number of halogens is 2. The number of hydrogen-bond acceptors (Lipinski definition) is 5. The lowest BCUT2D eigenvalue weighted by molar-refractivity contribution is -0.121. The van der Waals surface area contributed by atoms with Gasteiger partial charge in [-0.3, -0.25) is 4.79 Å². The van der Waals surface area contributed by atoms with Crippen LogP contribution in [0.15, 0.2) is 40.9 Å². The Labute approximate surface area is 179 Å². The zero-order valence-electron chi connectivity index (χ0n) is 17.0. The Bertz CT molecular complexity index is 1040. The predicted molar refractivity (Wildman–Crippen MR) is 114 cm³/mol. The van der Waals surface area contributed by atoms with Crippen LogP contribution in [0.1, 0.15) is 30.9 Å². The van der Waals surface area contributed by atoms with E-state index in [2.05, 4.69) is 41.3 Å². The zero-order valence-corrected chi connectivity index (χ0v) is 17.7. The molecule has 0 unspecified atom stereocenters. The Kier molecular flexibility index (Phi) is 5.64. The number of rotatable bonds is 7. The van der Waals surface area contributed by atoms with Crippen LogP contribution >= 0.6 is 11.6 Å². The summed E-state index contributed by atoms with van der Waals surface area (Å²) >= 11 is 6.21. The molecule has 8 heteroatoms. The number of pyridine rings is 1. The highest BCUT2D eigenvalue weighted by Gasteiger charge is 2.44. The smallest absolute Gasteiger partial charge is 0.299 e. The number of alkyl halides is 1. The van der Waals surface area contributed by atoms with E-state index in [0.717, 1.165) is 11.8 Å². The van der Waals surface area contributed by atoms with Gasteiger partial charge in [0.05, 0.1) is 12.6 Å². The van der Waals surface area contributed by atoms with Gasteiger partial charge in [-0.2, -0.15) is 4.98 Å². The first-order chi connectivity index (χ1) is 14.4. The molecule has 0 saturated carbocycles. The van der Waals surface area contributed by atoms with Crippen LogP contribution in [0.4, 0.5) is 10.4 Å². The summed E-state index contributed by atoms with van der Waals surface area (Å²) in [6, 6.07) is 9.82. The third kappa shape index (κ3) is 4.26. The van der Waals surface area contributed by atoms with E-state index in [1.54, 1.807) is 0 Å². The molecule has 0 atom stereocenters. The molecule has 0 spiro atoms. The number of amides is 1. The third-order valence-electron chi connectivity index (χ3n) is 5.48. The molecule has 1 amide bonds. The van der Waals surface area contributed by atoms with Crippen molar-refractivity contribution in [3.05, 3.63) is 53.5 Å². The largest absolute Gasteiger partial charge is 0.404 e. The summed E-state index contributed by atoms with van der Waals surface area (Å²) in [7, 11) is 0. The minimum atomic E-state index is -0.456. The maximum Gasteiger partial charge on any atom is 0.299 e. The maximum atomic E-state index is 13.3. The van der Waals surface area contributed by atoms with E-state index in [0.29, 0.717) is 55.1 Å². The molecule has 1 N–H and O–H groups in total. The molecule has 0 bridgehead atoms. The number of nitrogens with zero attached hydrogens (tertiary/aromatic N) is 3. The summed E-state index contributed by atoms with van der Waals surface area (Å²) < 4.78 is 18.9. The molecular formula is C22H24ClFN4O2. The second-order valence-electron chi connectivity index (χ2n) is 8.31. The first-order valence-electron chi connectivity index (χ1n) is 9.96. The number of anilines is 1. The molecule has 4 rings (SSSR count). The third-order valence-corrected chi connectivity index (χ3v) is 6.05. The number of fused-ring (bicyclic) bond motifs is 1. The molecule has 6 nitrogen and oxygen atoms in total. The van der Waals surface area contributed by atoms with Gasteiger partial charge in [-0.15, -0.1) is 11.6 Å². The number of oxazole rings is 1. The van der Waals surface area contributed by atoms with Crippen molar-refractivity contribution >= 4 is 34.8 Å². The highest BCUT2D eigenvalue weighted by molar-refractivity contribution is 6.18. The van der Waals surface area contributed by atoms with E-state index in [1.165, 1.54) is 11.6 Å². The molecule has 3 aromatic rings. The van der Waals surface area contributed by atoms with Crippen molar-refractivity contribution in [2.24, 2.45) is 5.41 Å². The lowest BCUT2D eigenvalue weighted by Gasteiger charge is -2.48. The first kappa shape index (κ1) is 20.6. The fourth-order valence-electron chi connectivity index (χ4n) is 3.62. The van der Waals surface area contributed by atoms with Gasteiger partial charge in [0.15, 0.2) is 0 Å². The normalized spacial score (nSPS) is 15.4. The molecule has 0 radical (unpaired) electrons. The van der Waals surface area contributed by atoms with Crippen molar-refractivity contribution in [2.75, 3.05) is 30.4 Å². The van der Waals surface area contributed by atoms with E-state index in [-0.39, 0.29) is 11.3 Å². The molecule has 158 valence electrons. The summed E-state index contributed by atoms with van der Waals surface area (Å²) in [5, 5.41) is 3.01. The fourth-order valence-corrected chi connectivity index (χ4v) is 3.88. The second-order valence-corrected chi connectivity index (χ2v) is 8.58. The molecule has 1 aliphatic heterocycles. The van der Waals surface area contributed by atoms with Gasteiger partial charge in [0.1, 0.15) is 11.3 Å². The van der Waals surface area contributed by atoms with Crippen molar-refractivity contribution in [1.82, 2.24) is 15.3 Å². The second kappa shape index (κ2) is 8.22. The topological polar surface area (TPSA) is 71.3 Å². The number of hydrogen-bond donors (Lipinski definition) is 1. The molecule has 1 aromatic carbocycles. The Hall–Kier alpha value is -2.67. The number of benzene rings is 1. The maximum absolute atomic E-state index is 13.3. The van der Waals surface area contributed by atoms with Gasteiger partial charge in [-0.1, -0.05) is 38.1 Å². The molecule has 2 aromatic heterocycles. The van der Waals surface area contributed by atoms with Gasteiger partial charge in [-0.05, 0) is 17.0 Å². The minimum Gasteiger partial charge on any atom is -0.404 e. The van der Waals surface area contributed by atoms with Gasteiger partial charge in [-0.25, -0.2) is 9.37 Å². The molecular weight excluding hydrogens is 407 g/mol. The summed E-state index contributed by atoms with van der Waals surface area (Å²) in [5.74, 6) is 0.383. The van der Waals surface area contributed by atoms with Gasteiger partial charge in [0.25, 0.3) is 6.01 Å². The Morgan fingerprint density at radius 3 is 2.73 bits per heavy atom. The van der Waals surface area contributed by atoms with Crippen molar-refractivity contribution in [3.63, 3.8) is 0 Å². The van der Waals surface area contributed by atoms with Gasteiger partial charge in [0, 0.05) is 37.0 Å². The number of nitrogens with one attached hydrogen (secondary N) is 1. The van der Waals surface area contributed by atoms with Crippen LogP contribution in [-0.4, -0.2) is 41.4 Å². The summed E-state index contributed by atoms with van der Waals surface area (Å²) in [5.41, 5.74) is 2.67. The quantitative estimate of drug-likeness (QED) is 0.576. The monoisotopic (exact) mass is 430 g/mol. The van der Waals surface area contributed by atoms with E-state index < -0.39 is 5.82 Å². The summed E-state index contributed by atoms with van der Waals surface area (Å²) in [6.07, 6.45) is 1.44. The molecule has 3 heterocycles. The standard InChI is InChI=1S/C22H24ClFN4O2/c1-14(2)16-5-3-15(4-6-16)7-19(29)26-11-22(10-23)12-28(13-22)21-27-18-8-17(24)9-25-20(18)30-21/h3-6,8-9,14H,7,10-13H2,1-2H3,(H,26,29). The van der Waals surface area contributed by atoms with E-state index >= 15 is 0 Å². The SMILES string of the molecule is CC(C)c1ccc(CC(=O)NCC2(CCl)CN(c3nc4cc(F)cnc4o3)C2)cc1. The Balaban J connectivity index is 1.32. The lowest BCUT2D eigenvalue weighted by atomic mass is 9.82. The summed E-state index contributed by atoms with van der Waals surface area (Å²) in [6.45, 7) is 5.95. The molecule has 1 aliphatic rings. The average Bonchev–Trinajstić information content (AvgIpc) is 3.10. The molecule has 0 aliphatic carbocycles. The van der Waals surface area contributed by atoms with Crippen LogP contribution in [-0.2, 0) is 11.2 Å². The lowest BCUT2D eigenvalue weighted by Crippen LogP contribution is -2.62. The van der Waals surface area contributed by atoms with Crippen molar-refractivity contribution in [3.8, 4) is 0 Å². The first-order valence-corrected chi connectivity index (χ1v) is 10.5. The predicted octanol–water partition coefficient (Wildman–Crippen LogP) is 3.89. The fraction of sp³-hybridized carbons (Fsp3) is 0.409. The van der Waals surface area contributed by atoms with Crippen LogP contribution in [0.25, 0.3) is 11.2 Å². The van der Waals surface area contributed by atoms with E-state index in [1.807, 2.05) is 17.0 Å². The Morgan fingerprint density at radius 1 is 1.33 bits per heavy atom. The van der Waals surface area contributed by atoms with E-state index in [9.17, 15) is 9.18 Å². The van der Waals surface area contributed by atoms with Crippen LogP contribution in [0, 0.1) is 11.2 Å². The van der Waals surface area contributed by atoms with Crippen molar-refractivity contribution < 1.29 is 13.6 Å². The molecule has 30 heavy (non-hydrogen) atoms. The van der Waals surface area contributed by atoms with Crippen molar-refractivity contribution in [1.29, 1.82) is 0 Å². The van der Waals surface area contributed by atoms with Crippen LogP contribution in [0.3, 0.4) is 0 Å². The average molecular weight is 431 g/mol. The highest BCUT2D eigenvalue weighted by atomic mass is 35.5. The van der Waals surface area contributed by atoms with Crippen LogP contribution in [0.2, 0.25) is 0 Å². The highest BCUT2D eigenvalue weighted by Crippen LogP contribution is 2.35. The number of aromatic nitrogens is 2. The molecule has 1 fully saturated rings. The van der Waals surface area contributed by atoms with E-state index in [4.69, 9.17) is 16.0 Å². The molecule has 1 saturated heterocycles. The van der Waals surface area contributed by atoms with Gasteiger partial charge in [0.2, 0.25) is 11.6 Å². The number of carbonyl (C=O) groups is 1. The van der Waals surface area contributed by atoms with Gasteiger partial charge < -0.3 is 14.6 Å². The van der Waals surface area contributed by atoms with Crippen LogP contribution in [0.5, 0.6) is 0 Å². The minimum absolute atomic E-state index is 0.0308. The Morgan fingerprint density at radius 2 is 2.07 bits per heavy atom. The van der Waals surface area contributed by atoms with Gasteiger partial charge >= 0.3 is 0 Å².